The van der Waals surface area contributed by atoms with Gasteiger partial charge in [0.15, 0.2) is 5.96 Å². The molecule has 0 radical (unpaired) electrons. The molecule has 16 nitrogen and oxygen atoms in total. The number of carboxylic acid groups (broad SMARTS) is 1. The summed E-state index contributed by atoms with van der Waals surface area (Å²) in [5.41, 5.74) is 32.4. The molecule has 0 aliphatic heterocycles. The normalized spacial score (nSPS) is 13.9. The Bertz CT molecular complexity index is 805. The topological polar surface area (TPSA) is 310 Å². The number of carbonyl (C=O) groups is 5. The van der Waals surface area contributed by atoms with Gasteiger partial charge in [0.2, 0.25) is 23.6 Å². The summed E-state index contributed by atoms with van der Waals surface area (Å²) in [6.45, 7) is 0.913. The Labute approximate surface area is 222 Å². The van der Waals surface area contributed by atoms with Gasteiger partial charge < -0.3 is 55.5 Å². The summed E-state index contributed by atoms with van der Waals surface area (Å²) in [5.74, 6) is -4.34. The zero-order chi connectivity index (χ0) is 29.1. The molecule has 0 spiro atoms. The van der Waals surface area contributed by atoms with E-state index in [9.17, 15) is 29.1 Å². The fourth-order valence-electron chi connectivity index (χ4n) is 3.42. The first kappa shape index (κ1) is 34.5. The average molecular weight is 545 g/mol. The zero-order valence-corrected chi connectivity index (χ0v) is 21.7. The van der Waals surface area contributed by atoms with E-state index in [1.807, 2.05) is 0 Å². The summed E-state index contributed by atoms with van der Waals surface area (Å²) in [7, 11) is 0. The van der Waals surface area contributed by atoms with E-state index in [4.69, 9.17) is 34.4 Å². The Morgan fingerprint density at radius 2 is 1.13 bits per heavy atom. The van der Waals surface area contributed by atoms with Crippen LogP contribution in [-0.4, -0.2) is 84.5 Å². The van der Waals surface area contributed by atoms with Crippen molar-refractivity contribution < 1.29 is 29.1 Å². The third-order valence-corrected chi connectivity index (χ3v) is 5.48. The number of carbonyl (C=O) groups excluding carboxylic acids is 4. The number of rotatable bonds is 21. The molecule has 0 aromatic rings. The van der Waals surface area contributed by atoms with Crippen molar-refractivity contribution in [3.8, 4) is 0 Å². The van der Waals surface area contributed by atoms with E-state index in [2.05, 4.69) is 20.9 Å². The van der Waals surface area contributed by atoms with Gasteiger partial charge in [-0.05, 0) is 64.5 Å². The standard InChI is InChI=1S/C22H44N10O6/c23-9-3-1-6-14(20(36)32-16(21(37)38)7-2-4-10-24)31-19(35)15(8-5-11-29-22(27)28)30-18(34)13(25)12-17(26)33/h13-16H,1-12,23-25H2,(H2,26,33)(H,30,34)(H,31,35)(H,32,36)(H,37,38)(H4,27,28,29). The van der Waals surface area contributed by atoms with Gasteiger partial charge in [-0.3, -0.25) is 24.2 Å². The fraction of sp³-hybridized carbons (Fsp3) is 0.727. The zero-order valence-electron chi connectivity index (χ0n) is 21.7. The number of aliphatic carboxylic acids is 1. The lowest BCUT2D eigenvalue weighted by Gasteiger charge is -2.25. The molecule has 0 heterocycles. The number of aliphatic imine (C=N–C) groups is 1. The molecule has 16 heteroatoms. The van der Waals surface area contributed by atoms with E-state index >= 15 is 0 Å². The van der Waals surface area contributed by atoms with Gasteiger partial charge in [0.05, 0.1) is 12.5 Å². The lowest BCUT2D eigenvalue weighted by molar-refractivity contribution is -0.142. The summed E-state index contributed by atoms with van der Waals surface area (Å²) >= 11 is 0. The van der Waals surface area contributed by atoms with Crippen LogP contribution < -0.4 is 50.4 Å². The third-order valence-electron chi connectivity index (χ3n) is 5.48. The van der Waals surface area contributed by atoms with Gasteiger partial charge in [0.25, 0.3) is 0 Å². The van der Waals surface area contributed by atoms with Crippen molar-refractivity contribution in [1.82, 2.24) is 16.0 Å². The summed E-state index contributed by atoms with van der Waals surface area (Å²) in [5, 5.41) is 17.0. The van der Waals surface area contributed by atoms with Crippen LogP contribution in [0.2, 0.25) is 0 Å². The molecule has 0 saturated carbocycles. The van der Waals surface area contributed by atoms with Crippen molar-refractivity contribution in [2.24, 2.45) is 39.4 Å². The molecule has 0 fully saturated rings. The maximum absolute atomic E-state index is 13.2. The number of guanidine groups is 1. The Morgan fingerprint density at radius 1 is 0.684 bits per heavy atom. The molecule has 4 unspecified atom stereocenters. The average Bonchev–Trinajstić information content (AvgIpc) is 2.83. The van der Waals surface area contributed by atoms with E-state index in [0.717, 1.165) is 0 Å². The number of nitrogens with zero attached hydrogens (tertiary/aromatic N) is 1. The minimum absolute atomic E-state index is 0.0750. The molecule has 4 amide bonds. The highest BCUT2D eigenvalue weighted by atomic mass is 16.4. The largest absolute Gasteiger partial charge is 0.480 e. The monoisotopic (exact) mass is 544 g/mol. The number of nitrogens with two attached hydrogens (primary N) is 6. The van der Waals surface area contributed by atoms with Crippen LogP contribution in [0.25, 0.3) is 0 Å². The highest BCUT2D eigenvalue weighted by Crippen LogP contribution is 2.07. The van der Waals surface area contributed by atoms with Crippen molar-refractivity contribution in [3.05, 3.63) is 0 Å². The maximum atomic E-state index is 13.2. The number of hydrogen-bond donors (Lipinski definition) is 10. The maximum Gasteiger partial charge on any atom is 0.326 e. The SMILES string of the molecule is NCCCCC(NC(=O)C(CCCCN)NC(=O)C(CCCN=C(N)N)NC(=O)C(N)CC(N)=O)C(=O)O. The third kappa shape index (κ3) is 15.6. The quantitative estimate of drug-likeness (QED) is 0.0377. The van der Waals surface area contributed by atoms with Crippen LogP contribution in [0, 0.1) is 0 Å². The summed E-state index contributed by atoms with van der Waals surface area (Å²) in [6, 6.07) is -4.69. The predicted molar refractivity (Wildman–Crippen MR) is 141 cm³/mol. The first-order valence-corrected chi connectivity index (χ1v) is 12.6. The van der Waals surface area contributed by atoms with E-state index in [1.54, 1.807) is 0 Å². The van der Waals surface area contributed by atoms with E-state index in [-0.39, 0.29) is 38.2 Å². The molecule has 0 aromatic carbocycles. The second-order valence-corrected chi connectivity index (χ2v) is 8.82. The number of nitrogens with one attached hydrogen (secondary N) is 3. The summed E-state index contributed by atoms with van der Waals surface area (Å²) in [6.07, 6.45) is 2.41. The second-order valence-electron chi connectivity index (χ2n) is 8.82. The van der Waals surface area contributed by atoms with E-state index in [1.165, 1.54) is 0 Å². The number of carboxylic acids is 1. The van der Waals surface area contributed by atoms with Gasteiger partial charge in [-0.1, -0.05) is 0 Å². The van der Waals surface area contributed by atoms with Crippen molar-refractivity contribution in [1.29, 1.82) is 0 Å². The molecular weight excluding hydrogens is 500 g/mol. The van der Waals surface area contributed by atoms with Crippen LogP contribution in [0.3, 0.4) is 0 Å². The number of amides is 4. The highest BCUT2D eigenvalue weighted by molar-refractivity contribution is 5.95. The van der Waals surface area contributed by atoms with Crippen LogP contribution in [0.15, 0.2) is 4.99 Å². The molecule has 4 atom stereocenters. The minimum Gasteiger partial charge on any atom is -0.480 e. The van der Waals surface area contributed by atoms with E-state index in [0.29, 0.717) is 38.8 Å². The van der Waals surface area contributed by atoms with Crippen LogP contribution >= 0.6 is 0 Å². The van der Waals surface area contributed by atoms with Crippen molar-refractivity contribution in [2.75, 3.05) is 19.6 Å². The molecule has 0 aliphatic rings. The molecule has 16 N–H and O–H groups in total. The minimum atomic E-state index is -1.28. The number of unbranched alkanes of at least 4 members (excludes halogenated alkanes) is 2. The van der Waals surface area contributed by atoms with Crippen molar-refractivity contribution >= 4 is 35.6 Å². The van der Waals surface area contributed by atoms with Gasteiger partial charge in [-0.15, -0.1) is 0 Å². The fourth-order valence-corrected chi connectivity index (χ4v) is 3.42. The number of primary amides is 1. The summed E-state index contributed by atoms with van der Waals surface area (Å²) in [4.78, 5) is 65.2. The molecule has 0 bridgehead atoms. The highest BCUT2D eigenvalue weighted by Gasteiger charge is 2.30. The van der Waals surface area contributed by atoms with Gasteiger partial charge >= 0.3 is 5.97 Å². The molecule has 0 aromatic heterocycles. The van der Waals surface area contributed by atoms with Crippen LogP contribution in [0.4, 0.5) is 0 Å². The Balaban J connectivity index is 5.61. The van der Waals surface area contributed by atoms with Gasteiger partial charge in [0.1, 0.15) is 18.1 Å². The van der Waals surface area contributed by atoms with Gasteiger partial charge in [-0.2, -0.15) is 0 Å². The lowest BCUT2D eigenvalue weighted by Crippen LogP contribution is -2.57. The van der Waals surface area contributed by atoms with Crippen LogP contribution in [0.1, 0.15) is 57.8 Å². The molecule has 38 heavy (non-hydrogen) atoms. The Morgan fingerprint density at radius 3 is 1.58 bits per heavy atom. The van der Waals surface area contributed by atoms with Crippen molar-refractivity contribution in [2.45, 2.75) is 82.0 Å². The van der Waals surface area contributed by atoms with Gasteiger partial charge in [0, 0.05) is 6.54 Å². The molecule has 0 saturated heterocycles. The summed E-state index contributed by atoms with van der Waals surface area (Å²) < 4.78 is 0. The molecule has 0 rings (SSSR count). The predicted octanol–water partition coefficient (Wildman–Crippen LogP) is -3.96. The smallest absolute Gasteiger partial charge is 0.326 e. The second kappa shape index (κ2) is 19.6. The van der Waals surface area contributed by atoms with Crippen LogP contribution in [-0.2, 0) is 24.0 Å². The Hall–Kier alpha value is -3.50. The number of hydrogen-bond acceptors (Lipinski definition) is 9. The van der Waals surface area contributed by atoms with Crippen molar-refractivity contribution in [3.63, 3.8) is 0 Å². The van der Waals surface area contributed by atoms with Crippen LogP contribution in [0.5, 0.6) is 0 Å². The van der Waals surface area contributed by atoms with E-state index < -0.39 is 60.2 Å². The first-order chi connectivity index (χ1) is 17.9. The Kier molecular flexibility index (Phi) is 17.8. The van der Waals surface area contributed by atoms with Gasteiger partial charge in [-0.25, -0.2) is 4.79 Å². The first-order valence-electron chi connectivity index (χ1n) is 12.6. The molecular formula is C22H44N10O6. The molecule has 218 valence electrons. The lowest BCUT2D eigenvalue weighted by atomic mass is 10.0. The molecule has 0 aliphatic carbocycles.